The third-order valence-corrected chi connectivity index (χ3v) is 4.00. The molecule has 0 bridgehead atoms. The molecule has 0 fully saturated rings. The molecule has 0 aliphatic heterocycles. The molecule has 2 amide bonds. The summed E-state index contributed by atoms with van der Waals surface area (Å²) in [5, 5.41) is 14.0. The quantitative estimate of drug-likeness (QED) is 0.577. The van der Waals surface area contributed by atoms with Gasteiger partial charge in [-0.25, -0.2) is 9.59 Å². The Kier molecular flexibility index (Phi) is 8.92. The molecule has 8 heteroatoms. The predicted octanol–water partition coefficient (Wildman–Crippen LogP) is 3.79. The topological polar surface area (TPSA) is 114 Å². The number of allylic oxidation sites excluding steroid dienone is 1. The molecule has 0 saturated heterocycles. The summed E-state index contributed by atoms with van der Waals surface area (Å²) < 4.78 is 10.2. The van der Waals surface area contributed by atoms with Crippen molar-refractivity contribution in [3.05, 3.63) is 83.7 Å². The maximum Gasteiger partial charge on any atom is 0.411 e. The fourth-order valence-electron chi connectivity index (χ4n) is 2.36. The first-order valence-corrected chi connectivity index (χ1v) is 9.31. The van der Waals surface area contributed by atoms with Crippen molar-refractivity contribution in [2.45, 2.75) is 26.6 Å². The van der Waals surface area contributed by atoms with Crippen molar-refractivity contribution in [2.24, 2.45) is 5.92 Å². The molecule has 0 aromatic heterocycles. The van der Waals surface area contributed by atoms with Gasteiger partial charge in [-0.05, 0) is 11.1 Å². The van der Waals surface area contributed by atoms with Crippen molar-refractivity contribution in [1.82, 2.24) is 10.6 Å². The van der Waals surface area contributed by atoms with Crippen LogP contribution in [-0.2, 0) is 27.5 Å². The summed E-state index contributed by atoms with van der Waals surface area (Å²) in [5.41, 5.74) is 1.80. The molecule has 2 aromatic carbocycles. The number of nitrogens with one attached hydrogen (secondary N) is 2. The van der Waals surface area contributed by atoms with Gasteiger partial charge in [0.05, 0.1) is 5.92 Å². The number of aliphatic carboxylic acids is 1. The molecule has 0 aliphatic rings. The van der Waals surface area contributed by atoms with E-state index < -0.39 is 24.1 Å². The summed E-state index contributed by atoms with van der Waals surface area (Å²) in [6.45, 7) is 1.62. The van der Waals surface area contributed by atoms with Crippen LogP contribution in [0.1, 0.15) is 24.5 Å². The number of carbonyl (C=O) groups is 3. The van der Waals surface area contributed by atoms with Gasteiger partial charge in [-0.1, -0.05) is 67.6 Å². The van der Waals surface area contributed by atoms with Crippen LogP contribution in [0.2, 0.25) is 0 Å². The maximum atomic E-state index is 12.1. The minimum absolute atomic E-state index is 0.0191. The van der Waals surface area contributed by atoms with E-state index >= 15 is 0 Å². The second-order valence-electron chi connectivity index (χ2n) is 6.51. The van der Waals surface area contributed by atoms with E-state index in [0.717, 1.165) is 11.1 Å². The number of ether oxygens (including phenoxy) is 2. The molecule has 0 radical (unpaired) electrons. The molecule has 1 atom stereocenters. The number of benzene rings is 2. The highest BCUT2D eigenvalue weighted by Crippen LogP contribution is 2.10. The Bertz CT molecular complexity index is 868. The fraction of sp³-hybridized carbons (Fsp3) is 0.227. The molecule has 2 aromatic rings. The number of hydrogen-bond donors (Lipinski definition) is 3. The molecule has 0 spiro atoms. The van der Waals surface area contributed by atoms with Crippen molar-refractivity contribution >= 4 is 18.2 Å². The van der Waals surface area contributed by atoms with Crippen LogP contribution in [-0.4, -0.2) is 23.3 Å². The molecule has 0 heterocycles. The van der Waals surface area contributed by atoms with Crippen molar-refractivity contribution < 1.29 is 29.0 Å². The van der Waals surface area contributed by atoms with Gasteiger partial charge >= 0.3 is 18.2 Å². The second kappa shape index (κ2) is 11.9. The number of hydrogen-bond acceptors (Lipinski definition) is 5. The lowest BCUT2D eigenvalue weighted by Crippen LogP contribution is -2.29. The van der Waals surface area contributed by atoms with E-state index in [9.17, 15) is 14.4 Å². The van der Waals surface area contributed by atoms with Crippen LogP contribution < -0.4 is 10.6 Å². The molecule has 30 heavy (non-hydrogen) atoms. The lowest BCUT2D eigenvalue weighted by Gasteiger charge is -2.13. The van der Waals surface area contributed by atoms with E-state index in [0.29, 0.717) is 0 Å². The third-order valence-electron chi connectivity index (χ3n) is 4.00. The van der Waals surface area contributed by atoms with Crippen LogP contribution >= 0.6 is 0 Å². The molecule has 0 aliphatic carbocycles. The van der Waals surface area contributed by atoms with Crippen LogP contribution in [0.3, 0.4) is 0 Å². The summed E-state index contributed by atoms with van der Waals surface area (Å²) in [6.07, 6.45) is -0.313. The zero-order valence-corrected chi connectivity index (χ0v) is 16.5. The minimum Gasteiger partial charge on any atom is -0.481 e. The second-order valence-corrected chi connectivity index (χ2v) is 6.51. The Labute approximate surface area is 174 Å². The van der Waals surface area contributed by atoms with Gasteiger partial charge in [-0.3, -0.25) is 15.4 Å². The highest BCUT2D eigenvalue weighted by atomic mass is 16.6. The Hall–Kier alpha value is -3.81. The Morgan fingerprint density at radius 2 is 1.40 bits per heavy atom. The Morgan fingerprint density at radius 1 is 0.900 bits per heavy atom. The van der Waals surface area contributed by atoms with Gasteiger partial charge in [0.15, 0.2) is 0 Å². The van der Waals surface area contributed by atoms with Crippen LogP contribution in [0.25, 0.3) is 0 Å². The molecule has 0 saturated carbocycles. The molecular weight excluding hydrogens is 388 g/mol. The van der Waals surface area contributed by atoms with Gasteiger partial charge in [0.25, 0.3) is 0 Å². The van der Waals surface area contributed by atoms with Gasteiger partial charge in [0.1, 0.15) is 13.2 Å². The lowest BCUT2D eigenvalue weighted by atomic mass is 10.1. The molecule has 1 unspecified atom stereocenters. The molecule has 8 nitrogen and oxygen atoms in total. The first-order valence-electron chi connectivity index (χ1n) is 9.31. The summed E-state index contributed by atoms with van der Waals surface area (Å²) in [6, 6.07) is 18.2. The average Bonchev–Trinajstić information content (AvgIpc) is 2.76. The standard InChI is InChI=1S/C22H24N2O6/c1-16(20(25)26)12-19(24-22(28)30-15-18-10-6-3-7-11-18)13-23-21(27)29-14-17-8-4-2-5-9-17/h2-11,13,16H,12,14-15H2,1H3,(H,23,27)(H,24,28)(H,25,26)/b19-13-. The van der Waals surface area contributed by atoms with Crippen LogP contribution in [0.4, 0.5) is 9.59 Å². The minimum atomic E-state index is -1.04. The zero-order chi connectivity index (χ0) is 21.8. The van der Waals surface area contributed by atoms with Gasteiger partial charge < -0.3 is 14.6 Å². The number of carboxylic acid groups (broad SMARTS) is 1. The van der Waals surface area contributed by atoms with Crippen LogP contribution in [0.15, 0.2) is 72.6 Å². The number of amides is 2. The molecule has 2 rings (SSSR count). The molecule has 3 N–H and O–H groups in total. The van der Waals surface area contributed by atoms with Crippen molar-refractivity contribution in [1.29, 1.82) is 0 Å². The first kappa shape index (κ1) is 22.5. The summed E-state index contributed by atoms with van der Waals surface area (Å²) in [4.78, 5) is 35.1. The van der Waals surface area contributed by atoms with Gasteiger partial charge in [-0.2, -0.15) is 0 Å². The van der Waals surface area contributed by atoms with E-state index in [1.54, 1.807) is 12.1 Å². The zero-order valence-electron chi connectivity index (χ0n) is 16.5. The van der Waals surface area contributed by atoms with E-state index in [4.69, 9.17) is 14.6 Å². The molecule has 158 valence electrons. The largest absolute Gasteiger partial charge is 0.481 e. The summed E-state index contributed by atoms with van der Waals surface area (Å²) in [5.74, 6) is -1.82. The lowest BCUT2D eigenvalue weighted by molar-refractivity contribution is -0.141. The fourth-order valence-corrected chi connectivity index (χ4v) is 2.36. The SMILES string of the molecule is CC(C/C(=C/NC(=O)OCc1ccccc1)NC(=O)OCc1ccccc1)C(=O)O. The summed E-state index contributed by atoms with van der Waals surface area (Å²) in [7, 11) is 0. The highest BCUT2D eigenvalue weighted by Gasteiger charge is 2.16. The summed E-state index contributed by atoms with van der Waals surface area (Å²) >= 11 is 0. The Balaban J connectivity index is 1.90. The van der Waals surface area contributed by atoms with E-state index in [-0.39, 0.29) is 25.3 Å². The Morgan fingerprint density at radius 3 is 1.90 bits per heavy atom. The van der Waals surface area contributed by atoms with Crippen LogP contribution in [0.5, 0.6) is 0 Å². The van der Waals surface area contributed by atoms with Crippen molar-refractivity contribution in [2.75, 3.05) is 0 Å². The van der Waals surface area contributed by atoms with Crippen molar-refractivity contribution in [3.63, 3.8) is 0 Å². The highest BCUT2D eigenvalue weighted by molar-refractivity contribution is 5.73. The van der Waals surface area contributed by atoms with Gasteiger partial charge in [0.2, 0.25) is 0 Å². The third kappa shape index (κ3) is 8.47. The van der Waals surface area contributed by atoms with Gasteiger partial charge in [0, 0.05) is 18.3 Å². The van der Waals surface area contributed by atoms with Crippen molar-refractivity contribution in [3.8, 4) is 0 Å². The number of rotatable bonds is 9. The van der Waals surface area contributed by atoms with Crippen LogP contribution in [0, 0.1) is 5.92 Å². The molecular formula is C22H24N2O6. The number of alkyl carbamates (subject to hydrolysis) is 2. The number of carboxylic acids is 1. The van der Waals surface area contributed by atoms with E-state index in [2.05, 4.69) is 10.6 Å². The smallest absolute Gasteiger partial charge is 0.411 e. The normalized spacial score (nSPS) is 11.8. The predicted molar refractivity (Wildman–Crippen MR) is 109 cm³/mol. The van der Waals surface area contributed by atoms with E-state index in [1.165, 1.54) is 13.1 Å². The van der Waals surface area contributed by atoms with E-state index in [1.807, 2.05) is 48.5 Å². The van der Waals surface area contributed by atoms with Gasteiger partial charge in [-0.15, -0.1) is 0 Å². The number of carbonyl (C=O) groups excluding carboxylic acids is 2. The first-order chi connectivity index (χ1) is 14.4. The maximum absolute atomic E-state index is 12.1. The monoisotopic (exact) mass is 412 g/mol. The average molecular weight is 412 g/mol.